The Kier molecular flexibility index (Phi) is 1.63. The van der Waals surface area contributed by atoms with Gasteiger partial charge in [0.05, 0.1) is 6.04 Å². The van der Waals surface area contributed by atoms with Gasteiger partial charge >= 0.3 is 0 Å². The molecule has 1 aliphatic rings. The van der Waals surface area contributed by atoms with E-state index in [4.69, 9.17) is 0 Å². The molecule has 1 saturated heterocycles. The molecule has 0 spiro atoms. The first kappa shape index (κ1) is 8.26. The zero-order valence-corrected chi connectivity index (χ0v) is 7.32. The van der Waals surface area contributed by atoms with Crippen LogP contribution in [0.1, 0.15) is 18.5 Å². The van der Waals surface area contributed by atoms with Gasteiger partial charge in [0, 0.05) is 0 Å². The number of amides is 1. The molecule has 1 fully saturated rings. The third-order valence-corrected chi connectivity index (χ3v) is 2.43. The summed E-state index contributed by atoms with van der Waals surface area (Å²) in [6, 6.07) is 9.18. The van der Waals surface area contributed by atoms with Crippen LogP contribution in [0.3, 0.4) is 0 Å². The van der Waals surface area contributed by atoms with Gasteiger partial charge in [0.25, 0.3) is 5.91 Å². The second-order valence-corrected chi connectivity index (χ2v) is 3.46. The quantitative estimate of drug-likeness (QED) is 0.617. The van der Waals surface area contributed by atoms with Crippen LogP contribution in [-0.4, -0.2) is 16.6 Å². The number of benzene rings is 1. The number of nitrogens with one attached hydrogen (secondary N) is 1. The Labute approximate surface area is 76.4 Å². The Bertz CT molecular complexity index is 332. The van der Waals surface area contributed by atoms with Crippen molar-refractivity contribution in [1.29, 1.82) is 0 Å². The van der Waals surface area contributed by atoms with Crippen molar-refractivity contribution in [3.8, 4) is 0 Å². The summed E-state index contributed by atoms with van der Waals surface area (Å²) >= 11 is 0. The average Bonchev–Trinajstić information content (AvgIpc) is 2.15. The summed E-state index contributed by atoms with van der Waals surface area (Å²) < 4.78 is 0. The van der Waals surface area contributed by atoms with Crippen LogP contribution < -0.4 is 5.32 Å². The molecule has 1 amide bonds. The largest absolute Gasteiger partial charge is 0.378 e. The summed E-state index contributed by atoms with van der Waals surface area (Å²) in [5.74, 6) is -0.304. The van der Waals surface area contributed by atoms with E-state index >= 15 is 0 Å². The van der Waals surface area contributed by atoms with Gasteiger partial charge in [0.2, 0.25) is 0 Å². The minimum atomic E-state index is -1.25. The molecule has 0 aliphatic carbocycles. The van der Waals surface area contributed by atoms with Crippen molar-refractivity contribution in [2.75, 3.05) is 0 Å². The fourth-order valence-corrected chi connectivity index (χ4v) is 1.52. The number of β-lactam (4-membered cyclic amide) rings is 1. The van der Waals surface area contributed by atoms with Crippen LogP contribution in [0.5, 0.6) is 0 Å². The standard InChI is InChI=1S/C10H11NO2/c1-10(13)8(11-9(10)12)7-5-3-2-4-6-7/h2-6,8,13H,1H3,(H,11,12). The number of carbonyl (C=O) groups excluding carboxylic acids is 1. The number of carbonyl (C=O) groups is 1. The van der Waals surface area contributed by atoms with E-state index in [1.165, 1.54) is 6.92 Å². The van der Waals surface area contributed by atoms with Crippen molar-refractivity contribution in [1.82, 2.24) is 5.32 Å². The van der Waals surface area contributed by atoms with Gasteiger partial charge in [-0.25, -0.2) is 0 Å². The molecule has 3 nitrogen and oxygen atoms in total. The third kappa shape index (κ3) is 1.12. The second-order valence-electron chi connectivity index (χ2n) is 3.46. The molecule has 1 aliphatic heterocycles. The summed E-state index contributed by atoms with van der Waals surface area (Å²) in [5, 5.41) is 12.3. The van der Waals surface area contributed by atoms with E-state index < -0.39 is 5.60 Å². The van der Waals surface area contributed by atoms with Gasteiger partial charge in [0.1, 0.15) is 0 Å². The highest BCUT2D eigenvalue weighted by atomic mass is 16.3. The summed E-state index contributed by atoms with van der Waals surface area (Å²) in [6.07, 6.45) is 0. The smallest absolute Gasteiger partial charge is 0.254 e. The van der Waals surface area contributed by atoms with Crippen molar-refractivity contribution in [3.63, 3.8) is 0 Å². The summed E-state index contributed by atoms with van der Waals surface area (Å²) in [7, 11) is 0. The van der Waals surface area contributed by atoms with E-state index in [-0.39, 0.29) is 11.9 Å². The Hall–Kier alpha value is -1.35. The predicted molar refractivity (Wildman–Crippen MR) is 47.9 cm³/mol. The topological polar surface area (TPSA) is 49.3 Å². The normalized spacial score (nSPS) is 32.2. The molecule has 0 bridgehead atoms. The number of hydrogen-bond donors (Lipinski definition) is 2. The van der Waals surface area contributed by atoms with Crippen LogP contribution >= 0.6 is 0 Å². The molecule has 0 aromatic heterocycles. The molecular weight excluding hydrogens is 166 g/mol. The third-order valence-electron chi connectivity index (χ3n) is 2.43. The molecule has 1 aromatic carbocycles. The van der Waals surface area contributed by atoms with Gasteiger partial charge < -0.3 is 10.4 Å². The van der Waals surface area contributed by atoms with E-state index in [9.17, 15) is 9.90 Å². The van der Waals surface area contributed by atoms with Crippen molar-refractivity contribution < 1.29 is 9.90 Å². The van der Waals surface area contributed by atoms with Gasteiger partial charge in [-0.15, -0.1) is 0 Å². The molecular formula is C10H11NO2. The van der Waals surface area contributed by atoms with Crippen LogP contribution in [-0.2, 0) is 4.79 Å². The highest BCUT2D eigenvalue weighted by molar-refractivity contribution is 5.92. The van der Waals surface area contributed by atoms with Gasteiger partial charge in [0.15, 0.2) is 5.60 Å². The monoisotopic (exact) mass is 177 g/mol. The van der Waals surface area contributed by atoms with Crippen molar-refractivity contribution in [2.45, 2.75) is 18.6 Å². The highest BCUT2D eigenvalue weighted by Crippen LogP contribution is 2.33. The van der Waals surface area contributed by atoms with E-state index in [1.54, 1.807) is 0 Å². The lowest BCUT2D eigenvalue weighted by Gasteiger charge is -2.42. The van der Waals surface area contributed by atoms with Crippen molar-refractivity contribution >= 4 is 5.91 Å². The maximum Gasteiger partial charge on any atom is 0.254 e. The number of hydrogen-bond acceptors (Lipinski definition) is 2. The fourth-order valence-electron chi connectivity index (χ4n) is 1.52. The van der Waals surface area contributed by atoms with E-state index in [1.807, 2.05) is 30.3 Å². The van der Waals surface area contributed by atoms with E-state index in [0.29, 0.717) is 0 Å². The van der Waals surface area contributed by atoms with Gasteiger partial charge in [-0.2, -0.15) is 0 Å². The molecule has 0 radical (unpaired) electrons. The minimum Gasteiger partial charge on any atom is -0.378 e. The maximum absolute atomic E-state index is 11.0. The second kappa shape index (κ2) is 2.57. The molecule has 13 heavy (non-hydrogen) atoms. The predicted octanol–water partition coefficient (Wildman–Crippen LogP) is 0.608. The van der Waals surface area contributed by atoms with E-state index in [2.05, 4.69) is 5.32 Å². The lowest BCUT2D eigenvalue weighted by atomic mass is 9.82. The van der Waals surface area contributed by atoms with E-state index in [0.717, 1.165) is 5.56 Å². The summed E-state index contributed by atoms with van der Waals surface area (Å²) in [6.45, 7) is 1.53. The lowest BCUT2D eigenvalue weighted by molar-refractivity contribution is -0.158. The summed E-state index contributed by atoms with van der Waals surface area (Å²) in [5.41, 5.74) is -0.312. The molecule has 2 atom stereocenters. The molecule has 0 saturated carbocycles. The Morgan fingerprint density at radius 2 is 2.00 bits per heavy atom. The first-order valence-corrected chi connectivity index (χ1v) is 4.20. The Balaban J connectivity index is 2.27. The lowest BCUT2D eigenvalue weighted by Crippen LogP contribution is -2.64. The molecule has 2 N–H and O–H groups in total. The van der Waals surface area contributed by atoms with Crippen molar-refractivity contribution in [3.05, 3.63) is 35.9 Å². The van der Waals surface area contributed by atoms with Crippen LogP contribution in [0, 0.1) is 0 Å². The van der Waals surface area contributed by atoms with Gasteiger partial charge in [-0.05, 0) is 12.5 Å². The summed E-state index contributed by atoms with van der Waals surface area (Å²) in [4.78, 5) is 11.0. The molecule has 1 aromatic rings. The van der Waals surface area contributed by atoms with Crippen LogP contribution in [0.15, 0.2) is 30.3 Å². The molecule has 2 unspecified atom stereocenters. The van der Waals surface area contributed by atoms with Crippen LogP contribution in [0.2, 0.25) is 0 Å². The van der Waals surface area contributed by atoms with Gasteiger partial charge in [-0.3, -0.25) is 4.79 Å². The first-order chi connectivity index (χ1) is 6.12. The van der Waals surface area contributed by atoms with Crippen LogP contribution in [0.25, 0.3) is 0 Å². The molecule has 2 rings (SSSR count). The van der Waals surface area contributed by atoms with Gasteiger partial charge in [-0.1, -0.05) is 30.3 Å². The van der Waals surface area contributed by atoms with Crippen LogP contribution in [0.4, 0.5) is 0 Å². The Morgan fingerprint density at radius 3 is 2.46 bits per heavy atom. The maximum atomic E-state index is 11.0. The molecule has 68 valence electrons. The fraction of sp³-hybridized carbons (Fsp3) is 0.300. The number of aliphatic hydroxyl groups is 1. The average molecular weight is 177 g/mol. The van der Waals surface area contributed by atoms with Crippen molar-refractivity contribution in [2.24, 2.45) is 0 Å². The zero-order valence-electron chi connectivity index (χ0n) is 7.32. The molecule has 3 heteroatoms. The minimum absolute atomic E-state index is 0.263. The SMILES string of the molecule is CC1(O)C(=O)NC1c1ccccc1. The Morgan fingerprint density at radius 1 is 1.38 bits per heavy atom. The zero-order chi connectivity index (χ0) is 9.47. The first-order valence-electron chi connectivity index (χ1n) is 4.20. The molecule has 1 heterocycles. The highest BCUT2D eigenvalue weighted by Gasteiger charge is 2.50. The number of rotatable bonds is 1.